The van der Waals surface area contributed by atoms with E-state index in [9.17, 15) is 0 Å². The van der Waals surface area contributed by atoms with Gasteiger partial charge in [0.2, 0.25) is 0 Å². The third kappa shape index (κ3) is 5.64. The molecule has 0 saturated heterocycles. The van der Waals surface area contributed by atoms with Gasteiger partial charge >= 0.3 is 0 Å². The molecule has 86 valence electrons. The van der Waals surface area contributed by atoms with Gasteiger partial charge in [0, 0.05) is 12.1 Å². The molecule has 2 unspecified atom stereocenters. The van der Waals surface area contributed by atoms with Crippen LogP contribution in [0.4, 0.5) is 0 Å². The van der Waals surface area contributed by atoms with E-state index in [0.717, 1.165) is 11.8 Å². The molecule has 0 spiro atoms. The zero-order valence-corrected chi connectivity index (χ0v) is 10.9. The molecule has 0 aromatic rings. The van der Waals surface area contributed by atoms with Crippen molar-refractivity contribution in [1.82, 2.24) is 5.32 Å². The lowest BCUT2D eigenvalue weighted by atomic mass is 9.88. The lowest BCUT2D eigenvalue weighted by Gasteiger charge is -2.26. The summed E-state index contributed by atoms with van der Waals surface area (Å²) >= 11 is 0. The monoisotopic (exact) mass is 199 g/mol. The quantitative estimate of drug-likeness (QED) is 0.657. The van der Waals surface area contributed by atoms with E-state index in [-0.39, 0.29) is 0 Å². The summed E-state index contributed by atoms with van der Waals surface area (Å²) in [7, 11) is 0. The van der Waals surface area contributed by atoms with Gasteiger partial charge in [0.1, 0.15) is 0 Å². The van der Waals surface area contributed by atoms with Gasteiger partial charge in [0.25, 0.3) is 0 Å². The first-order valence-corrected chi connectivity index (χ1v) is 6.27. The molecule has 2 atom stereocenters. The molecule has 0 aliphatic heterocycles. The molecule has 0 aromatic carbocycles. The zero-order chi connectivity index (χ0) is 11.1. The first-order valence-electron chi connectivity index (χ1n) is 6.27. The van der Waals surface area contributed by atoms with E-state index in [1.165, 1.54) is 19.3 Å². The highest BCUT2D eigenvalue weighted by Crippen LogP contribution is 2.21. The van der Waals surface area contributed by atoms with E-state index in [0.29, 0.717) is 12.1 Å². The molecular weight excluding hydrogens is 170 g/mol. The van der Waals surface area contributed by atoms with Crippen molar-refractivity contribution < 1.29 is 0 Å². The fraction of sp³-hybridized carbons (Fsp3) is 1.00. The molecule has 0 radical (unpaired) electrons. The molecule has 1 heteroatoms. The fourth-order valence-electron chi connectivity index (χ4n) is 2.04. The van der Waals surface area contributed by atoms with Crippen LogP contribution in [0.2, 0.25) is 0 Å². The summed E-state index contributed by atoms with van der Waals surface area (Å²) in [5, 5.41) is 3.60. The van der Waals surface area contributed by atoms with Gasteiger partial charge in [-0.3, -0.25) is 0 Å². The molecular formula is C13H29N. The highest BCUT2D eigenvalue weighted by Gasteiger charge is 2.16. The van der Waals surface area contributed by atoms with Crippen LogP contribution < -0.4 is 5.32 Å². The van der Waals surface area contributed by atoms with Crippen molar-refractivity contribution in [2.45, 2.75) is 72.9 Å². The second kappa shape index (κ2) is 7.28. The van der Waals surface area contributed by atoms with E-state index in [2.05, 4.69) is 46.9 Å². The molecule has 0 rings (SSSR count). The highest BCUT2D eigenvalue weighted by atomic mass is 14.9. The molecule has 0 aliphatic rings. The number of nitrogens with one attached hydrogen (secondary N) is 1. The van der Waals surface area contributed by atoms with Crippen molar-refractivity contribution in [3.05, 3.63) is 0 Å². The minimum absolute atomic E-state index is 0.606. The first kappa shape index (κ1) is 14.0. The Morgan fingerprint density at radius 1 is 0.929 bits per heavy atom. The van der Waals surface area contributed by atoms with Gasteiger partial charge in [-0.15, -0.1) is 0 Å². The number of hydrogen-bond donors (Lipinski definition) is 1. The maximum absolute atomic E-state index is 3.60. The van der Waals surface area contributed by atoms with Crippen LogP contribution >= 0.6 is 0 Å². The fourth-order valence-corrected chi connectivity index (χ4v) is 2.04. The van der Waals surface area contributed by atoms with Gasteiger partial charge in [0.15, 0.2) is 0 Å². The average molecular weight is 199 g/mol. The van der Waals surface area contributed by atoms with E-state index in [4.69, 9.17) is 0 Å². The summed E-state index contributed by atoms with van der Waals surface area (Å²) in [6.45, 7) is 13.7. The Hall–Kier alpha value is -0.0400. The van der Waals surface area contributed by atoms with Gasteiger partial charge in [-0.05, 0) is 25.2 Å². The van der Waals surface area contributed by atoms with Crippen molar-refractivity contribution in [3.63, 3.8) is 0 Å². The van der Waals surface area contributed by atoms with Crippen molar-refractivity contribution in [2.24, 2.45) is 11.8 Å². The summed E-state index contributed by atoms with van der Waals surface area (Å²) in [5.74, 6) is 1.71. The first-order chi connectivity index (χ1) is 6.51. The molecule has 0 amide bonds. The van der Waals surface area contributed by atoms with Crippen LogP contribution in [0.3, 0.4) is 0 Å². The van der Waals surface area contributed by atoms with Crippen molar-refractivity contribution in [3.8, 4) is 0 Å². The lowest BCUT2D eigenvalue weighted by Crippen LogP contribution is -2.37. The molecule has 0 aliphatic carbocycles. The standard InChI is InChI=1S/C13H29N/c1-7-13(8-2)9-11(5)12(6)14-10(3)4/h10-14H,7-9H2,1-6H3. The van der Waals surface area contributed by atoms with E-state index >= 15 is 0 Å². The SMILES string of the molecule is CCC(CC)CC(C)C(C)NC(C)C. The van der Waals surface area contributed by atoms with Gasteiger partial charge in [0.05, 0.1) is 0 Å². The molecule has 0 aromatic heterocycles. The Morgan fingerprint density at radius 2 is 1.43 bits per heavy atom. The third-order valence-corrected chi connectivity index (χ3v) is 3.31. The maximum atomic E-state index is 3.60. The predicted molar refractivity (Wildman–Crippen MR) is 65.6 cm³/mol. The topological polar surface area (TPSA) is 12.0 Å². The smallest absolute Gasteiger partial charge is 0.00668 e. The second-order valence-electron chi connectivity index (χ2n) is 5.01. The Kier molecular flexibility index (Phi) is 7.26. The Labute approximate surface area is 90.7 Å². The van der Waals surface area contributed by atoms with Crippen LogP contribution in [0.1, 0.15) is 60.8 Å². The average Bonchev–Trinajstić information content (AvgIpc) is 2.12. The summed E-state index contributed by atoms with van der Waals surface area (Å²) in [6.07, 6.45) is 4.03. The molecule has 0 fully saturated rings. The van der Waals surface area contributed by atoms with Gasteiger partial charge in [-0.25, -0.2) is 0 Å². The van der Waals surface area contributed by atoms with E-state index in [1.54, 1.807) is 0 Å². The Balaban J connectivity index is 3.86. The van der Waals surface area contributed by atoms with Crippen LogP contribution in [-0.2, 0) is 0 Å². The lowest BCUT2D eigenvalue weighted by molar-refractivity contribution is 0.296. The van der Waals surface area contributed by atoms with E-state index in [1.807, 2.05) is 0 Å². The summed E-state index contributed by atoms with van der Waals surface area (Å²) < 4.78 is 0. The minimum atomic E-state index is 0.606. The molecule has 1 N–H and O–H groups in total. The maximum Gasteiger partial charge on any atom is 0.00668 e. The van der Waals surface area contributed by atoms with Crippen LogP contribution in [0.15, 0.2) is 0 Å². The van der Waals surface area contributed by atoms with Crippen LogP contribution in [-0.4, -0.2) is 12.1 Å². The minimum Gasteiger partial charge on any atom is -0.312 e. The zero-order valence-electron chi connectivity index (χ0n) is 10.9. The highest BCUT2D eigenvalue weighted by molar-refractivity contribution is 4.73. The van der Waals surface area contributed by atoms with Gasteiger partial charge < -0.3 is 5.32 Å². The predicted octanol–water partition coefficient (Wildman–Crippen LogP) is 3.84. The van der Waals surface area contributed by atoms with Crippen molar-refractivity contribution in [1.29, 1.82) is 0 Å². The van der Waals surface area contributed by atoms with E-state index < -0.39 is 0 Å². The van der Waals surface area contributed by atoms with Gasteiger partial charge in [-0.1, -0.05) is 47.5 Å². The Bertz CT molecular complexity index is 127. The molecule has 0 bridgehead atoms. The molecule has 14 heavy (non-hydrogen) atoms. The van der Waals surface area contributed by atoms with Crippen LogP contribution in [0.25, 0.3) is 0 Å². The molecule has 0 saturated carbocycles. The van der Waals surface area contributed by atoms with Crippen LogP contribution in [0.5, 0.6) is 0 Å². The van der Waals surface area contributed by atoms with Gasteiger partial charge in [-0.2, -0.15) is 0 Å². The summed E-state index contributed by atoms with van der Waals surface area (Å²) in [4.78, 5) is 0. The molecule has 1 nitrogen and oxygen atoms in total. The summed E-state index contributed by atoms with van der Waals surface area (Å²) in [6, 6.07) is 1.25. The van der Waals surface area contributed by atoms with Crippen LogP contribution in [0, 0.1) is 11.8 Å². The Morgan fingerprint density at radius 3 is 1.79 bits per heavy atom. The third-order valence-electron chi connectivity index (χ3n) is 3.31. The number of rotatable bonds is 7. The molecule has 0 heterocycles. The number of hydrogen-bond acceptors (Lipinski definition) is 1. The summed E-state index contributed by atoms with van der Waals surface area (Å²) in [5.41, 5.74) is 0. The largest absolute Gasteiger partial charge is 0.312 e. The normalized spacial score (nSPS) is 16.3. The van der Waals surface area contributed by atoms with Crippen molar-refractivity contribution in [2.75, 3.05) is 0 Å². The van der Waals surface area contributed by atoms with Crippen molar-refractivity contribution >= 4 is 0 Å². The second-order valence-corrected chi connectivity index (χ2v) is 5.01.